The maximum Gasteiger partial charge on any atom is 0.362 e. The summed E-state index contributed by atoms with van der Waals surface area (Å²) < 4.78 is 29.6. The first-order valence-corrected chi connectivity index (χ1v) is 7.98. The van der Waals surface area contributed by atoms with Crippen molar-refractivity contribution >= 4 is 7.60 Å². The molecule has 7 heteroatoms. The average Bonchev–Trinajstić information content (AvgIpc) is 2.75. The van der Waals surface area contributed by atoms with Crippen LogP contribution in [0.2, 0.25) is 0 Å². The fourth-order valence-corrected chi connectivity index (χ4v) is 4.01. The molecule has 0 saturated carbocycles. The van der Waals surface area contributed by atoms with E-state index in [2.05, 4.69) is 0 Å². The fraction of sp³-hybridized carbons (Fsp3) is 0.357. The molecule has 1 aromatic heterocycles. The summed E-state index contributed by atoms with van der Waals surface area (Å²) in [7, 11) is 0.680. The van der Waals surface area contributed by atoms with Crippen molar-refractivity contribution in [2.75, 3.05) is 14.2 Å². The molecule has 114 valence electrons. The molecule has 2 aromatic rings. The molecular formula is C14H18NO5P. The SMILES string of the molecule is COP(=O)(OC)C(c1ccccc1)c1c(C)n(C)oc1=O. The van der Waals surface area contributed by atoms with Gasteiger partial charge in [0.05, 0.1) is 11.3 Å². The Labute approximate surface area is 122 Å². The van der Waals surface area contributed by atoms with Crippen LogP contribution >= 0.6 is 7.60 Å². The molecule has 21 heavy (non-hydrogen) atoms. The molecule has 0 aliphatic carbocycles. The lowest BCUT2D eigenvalue weighted by molar-refractivity contribution is 0.268. The topological polar surface area (TPSA) is 70.7 Å². The van der Waals surface area contributed by atoms with E-state index in [0.717, 1.165) is 0 Å². The smallest absolute Gasteiger partial charge is 0.336 e. The number of rotatable bonds is 5. The highest BCUT2D eigenvalue weighted by Crippen LogP contribution is 2.62. The van der Waals surface area contributed by atoms with Gasteiger partial charge in [0.2, 0.25) is 0 Å². The summed E-state index contributed by atoms with van der Waals surface area (Å²) >= 11 is 0. The molecule has 0 aliphatic heterocycles. The first-order valence-electron chi connectivity index (χ1n) is 6.37. The van der Waals surface area contributed by atoms with Crippen molar-refractivity contribution in [3.8, 4) is 0 Å². The fourth-order valence-electron chi connectivity index (χ4n) is 2.30. The first kappa shape index (κ1) is 15.8. The van der Waals surface area contributed by atoms with Gasteiger partial charge >= 0.3 is 13.2 Å². The summed E-state index contributed by atoms with van der Waals surface area (Å²) in [6.45, 7) is 1.73. The van der Waals surface area contributed by atoms with E-state index < -0.39 is 18.9 Å². The molecular weight excluding hydrogens is 293 g/mol. The van der Waals surface area contributed by atoms with Gasteiger partial charge in [0, 0.05) is 21.3 Å². The molecule has 6 nitrogen and oxygen atoms in total. The Kier molecular flexibility index (Phi) is 4.52. The predicted molar refractivity (Wildman–Crippen MR) is 78.6 cm³/mol. The lowest BCUT2D eigenvalue weighted by Crippen LogP contribution is -2.13. The van der Waals surface area contributed by atoms with Gasteiger partial charge in [0.15, 0.2) is 0 Å². The van der Waals surface area contributed by atoms with Gasteiger partial charge in [-0.05, 0) is 12.5 Å². The Bertz CT molecular complexity index is 711. The van der Waals surface area contributed by atoms with E-state index in [0.29, 0.717) is 11.3 Å². The highest BCUT2D eigenvalue weighted by molar-refractivity contribution is 7.54. The predicted octanol–water partition coefficient (Wildman–Crippen LogP) is 2.86. The molecule has 0 amide bonds. The van der Waals surface area contributed by atoms with Crippen molar-refractivity contribution < 1.29 is 18.1 Å². The molecule has 0 bridgehead atoms. The Morgan fingerprint density at radius 2 is 1.76 bits per heavy atom. The summed E-state index contributed by atoms with van der Waals surface area (Å²) in [6.07, 6.45) is 0. The maximum absolute atomic E-state index is 12.9. The van der Waals surface area contributed by atoms with Crippen molar-refractivity contribution in [3.05, 3.63) is 57.6 Å². The van der Waals surface area contributed by atoms with Gasteiger partial charge in [0.1, 0.15) is 5.66 Å². The van der Waals surface area contributed by atoms with Crippen LogP contribution in [-0.4, -0.2) is 19.0 Å². The van der Waals surface area contributed by atoms with Crippen molar-refractivity contribution in [1.29, 1.82) is 0 Å². The van der Waals surface area contributed by atoms with Crippen LogP contribution in [-0.2, 0) is 20.7 Å². The van der Waals surface area contributed by atoms with E-state index >= 15 is 0 Å². The van der Waals surface area contributed by atoms with E-state index in [9.17, 15) is 9.36 Å². The van der Waals surface area contributed by atoms with Gasteiger partial charge < -0.3 is 13.6 Å². The van der Waals surface area contributed by atoms with Crippen molar-refractivity contribution in [2.24, 2.45) is 7.05 Å². The third kappa shape index (κ3) is 2.75. The Balaban J connectivity index is 2.74. The van der Waals surface area contributed by atoms with Gasteiger partial charge in [-0.1, -0.05) is 30.3 Å². The first-order chi connectivity index (χ1) is 9.94. The Hall–Kier alpha value is -1.62. The average molecular weight is 311 g/mol. The largest absolute Gasteiger partial charge is 0.362 e. The lowest BCUT2D eigenvalue weighted by Gasteiger charge is -2.23. The second kappa shape index (κ2) is 6.02. The van der Waals surface area contributed by atoms with E-state index in [-0.39, 0.29) is 5.56 Å². The Morgan fingerprint density at radius 3 is 2.19 bits per heavy atom. The third-order valence-electron chi connectivity index (χ3n) is 3.52. The summed E-state index contributed by atoms with van der Waals surface area (Å²) in [5.74, 6) is 0. The van der Waals surface area contributed by atoms with Gasteiger partial charge in [-0.3, -0.25) is 4.57 Å². The zero-order valence-electron chi connectivity index (χ0n) is 12.4. The molecule has 1 atom stereocenters. The molecule has 1 heterocycles. The number of hydrogen-bond donors (Lipinski definition) is 0. The number of aryl methyl sites for hydroxylation is 1. The minimum atomic E-state index is -3.55. The van der Waals surface area contributed by atoms with Crippen LogP contribution in [0.1, 0.15) is 22.5 Å². The normalized spacial score (nSPS) is 13.3. The second-order valence-corrected chi connectivity index (χ2v) is 6.92. The van der Waals surface area contributed by atoms with E-state index in [1.54, 1.807) is 38.2 Å². The summed E-state index contributed by atoms with van der Waals surface area (Å²) in [5.41, 5.74) is 0.175. The van der Waals surface area contributed by atoms with Crippen molar-refractivity contribution in [1.82, 2.24) is 4.74 Å². The monoisotopic (exact) mass is 311 g/mol. The minimum absolute atomic E-state index is 0.288. The number of aromatic nitrogens is 1. The van der Waals surface area contributed by atoms with E-state index in [1.807, 2.05) is 6.07 Å². The van der Waals surface area contributed by atoms with Crippen LogP contribution in [0.15, 0.2) is 39.6 Å². The number of nitrogens with zero attached hydrogens (tertiary/aromatic N) is 1. The number of hydrogen-bond acceptors (Lipinski definition) is 5. The maximum atomic E-state index is 12.9. The molecule has 0 spiro atoms. The molecule has 1 unspecified atom stereocenters. The van der Waals surface area contributed by atoms with Crippen LogP contribution in [0.4, 0.5) is 0 Å². The summed E-state index contributed by atoms with van der Waals surface area (Å²) in [6, 6.07) is 9.00. The van der Waals surface area contributed by atoms with Crippen LogP contribution in [0.5, 0.6) is 0 Å². The van der Waals surface area contributed by atoms with E-state index in [4.69, 9.17) is 13.6 Å². The van der Waals surface area contributed by atoms with E-state index in [1.165, 1.54) is 19.0 Å². The highest BCUT2D eigenvalue weighted by atomic mass is 31.2. The molecule has 1 aromatic carbocycles. The zero-order chi connectivity index (χ0) is 15.6. The minimum Gasteiger partial charge on any atom is -0.336 e. The van der Waals surface area contributed by atoms with Crippen LogP contribution < -0.4 is 5.63 Å². The van der Waals surface area contributed by atoms with Gasteiger partial charge in [-0.25, -0.2) is 9.53 Å². The molecule has 0 saturated heterocycles. The van der Waals surface area contributed by atoms with Gasteiger partial charge in [-0.15, -0.1) is 0 Å². The summed E-state index contributed by atoms with van der Waals surface area (Å²) in [4.78, 5) is 12.1. The molecule has 0 fully saturated rings. The van der Waals surface area contributed by atoms with Crippen LogP contribution in [0.25, 0.3) is 0 Å². The van der Waals surface area contributed by atoms with Crippen LogP contribution in [0, 0.1) is 6.92 Å². The third-order valence-corrected chi connectivity index (χ3v) is 5.72. The van der Waals surface area contributed by atoms with Crippen molar-refractivity contribution in [2.45, 2.75) is 12.6 Å². The standard InChI is InChI=1S/C14H18NO5P/c1-10-12(14(16)20-15(10)2)13(21(17,18-3)19-4)11-8-6-5-7-9-11/h5-9,13H,1-4H3. The highest BCUT2D eigenvalue weighted by Gasteiger charge is 2.41. The molecule has 0 aliphatic rings. The lowest BCUT2D eigenvalue weighted by atomic mass is 10.1. The molecule has 2 rings (SSSR count). The van der Waals surface area contributed by atoms with Crippen molar-refractivity contribution in [3.63, 3.8) is 0 Å². The second-order valence-electron chi connectivity index (χ2n) is 4.59. The number of benzene rings is 1. The Morgan fingerprint density at radius 1 is 1.19 bits per heavy atom. The van der Waals surface area contributed by atoms with Crippen LogP contribution in [0.3, 0.4) is 0 Å². The van der Waals surface area contributed by atoms with Gasteiger partial charge in [-0.2, -0.15) is 0 Å². The zero-order valence-corrected chi connectivity index (χ0v) is 13.3. The quantitative estimate of drug-likeness (QED) is 0.794. The summed E-state index contributed by atoms with van der Waals surface area (Å²) in [5, 5.41) is 0. The molecule has 0 radical (unpaired) electrons. The van der Waals surface area contributed by atoms with Gasteiger partial charge in [0.25, 0.3) is 0 Å². The molecule has 0 N–H and O–H groups in total.